The molecule has 0 aliphatic heterocycles. The molecule has 0 heterocycles. The standard InChI is InChI=1S/C11H12F3NO3/c1-15(2-3-16)9-5-7(10(17)18)4-8(6-9)11(12,13)14/h4-6,16H,2-3H2,1H3,(H,17,18). The molecule has 0 fully saturated rings. The highest BCUT2D eigenvalue weighted by Crippen LogP contribution is 2.32. The van der Waals surface area contributed by atoms with Crippen molar-refractivity contribution in [3.8, 4) is 0 Å². The van der Waals surface area contributed by atoms with Gasteiger partial charge in [-0.05, 0) is 18.2 Å². The Morgan fingerprint density at radius 2 is 1.94 bits per heavy atom. The number of alkyl halides is 3. The van der Waals surface area contributed by atoms with Crippen LogP contribution in [0.3, 0.4) is 0 Å². The zero-order chi connectivity index (χ0) is 13.9. The summed E-state index contributed by atoms with van der Waals surface area (Å²) in [6, 6.07) is 2.56. The fraction of sp³-hybridized carbons (Fsp3) is 0.364. The van der Waals surface area contributed by atoms with Gasteiger partial charge in [0.05, 0.1) is 17.7 Å². The molecule has 0 spiro atoms. The molecule has 1 aromatic rings. The highest BCUT2D eigenvalue weighted by atomic mass is 19.4. The highest BCUT2D eigenvalue weighted by molar-refractivity contribution is 5.89. The smallest absolute Gasteiger partial charge is 0.416 e. The molecule has 0 bridgehead atoms. The number of hydrogen-bond acceptors (Lipinski definition) is 3. The first-order valence-corrected chi connectivity index (χ1v) is 5.03. The summed E-state index contributed by atoms with van der Waals surface area (Å²) in [5.74, 6) is -1.43. The third-order valence-corrected chi connectivity index (χ3v) is 2.37. The molecule has 0 aliphatic rings. The minimum atomic E-state index is -4.61. The molecule has 100 valence electrons. The number of aliphatic hydroxyl groups excluding tert-OH is 1. The van der Waals surface area contributed by atoms with Gasteiger partial charge in [-0.3, -0.25) is 0 Å². The minimum Gasteiger partial charge on any atom is -0.478 e. The molecular weight excluding hydrogens is 251 g/mol. The van der Waals surface area contributed by atoms with Crippen molar-refractivity contribution in [1.29, 1.82) is 0 Å². The van der Waals surface area contributed by atoms with Crippen LogP contribution in [0, 0.1) is 0 Å². The maximum absolute atomic E-state index is 12.6. The number of halogens is 3. The van der Waals surface area contributed by atoms with Gasteiger partial charge in [-0.25, -0.2) is 4.79 Å². The predicted molar refractivity (Wildman–Crippen MR) is 58.8 cm³/mol. The lowest BCUT2D eigenvalue weighted by atomic mass is 10.1. The number of carbonyl (C=O) groups is 1. The van der Waals surface area contributed by atoms with Gasteiger partial charge in [0.25, 0.3) is 0 Å². The number of likely N-dealkylation sites (N-methyl/N-ethyl adjacent to an activating group) is 1. The number of rotatable bonds is 4. The number of anilines is 1. The molecule has 0 saturated carbocycles. The van der Waals surface area contributed by atoms with E-state index in [1.54, 1.807) is 0 Å². The van der Waals surface area contributed by atoms with E-state index in [2.05, 4.69) is 0 Å². The van der Waals surface area contributed by atoms with Gasteiger partial charge < -0.3 is 15.1 Å². The molecule has 0 atom stereocenters. The van der Waals surface area contributed by atoms with Crippen LogP contribution in [0.15, 0.2) is 18.2 Å². The van der Waals surface area contributed by atoms with Crippen molar-refractivity contribution in [1.82, 2.24) is 0 Å². The predicted octanol–water partition coefficient (Wildman–Crippen LogP) is 1.83. The summed E-state index contributed by atoms with van der Waals surface area (Å²) >= 11 is 0. The topological polar surface area (TPSA) is 60.8 Å². The van der Waals surface area contributed by atoms with E-state index in [9.17, 15) is 18.0 Å². The highest BCUT2D eigenvalue weighted by Gasteiger charge is 2.32. The van der Waals surface area contributed by atoms with E-state index < -0.39 is 23.3 Å². The van der Waals surface area contributed by atoms with E-state index in [0.29, 0.717) is 6.07 Å². The van der Waals surface area contributed by atoms with Crippen LogP contribution in [0.25, 0.3) is 0 Å². The number of aromatic carboxylic acids is 1. The second-order valence-electron chi connectivity index (χ2n) is 3.72. The first kappa shape index (κ1) is 14.3. The molecule has 18 heavy (non-hydrogen) atoms. The maximum Gasteiger partial charge on any atom is 0.416 e. The number of hydrogen-bond donors (Lipinski definition) is 2. The van der Waals surface area contributed by atoms with Crippen molar-refractivity contribution in [2.45, 2.75) is 6.18 Å². The molecule has 0 unspecified atom stereocenters. The third kappa shape index (κ3) is 3.36. The van der Waals surface area contributed by atoms with Crippen molar-refractivity contribution in [2.24, 2.45) is 0 Å². The second kappa shape index (κ2) is 5.26. The SMILES string of the molecule is CN(CCO)c1cc(C(=O)O)cc(C(F)(F)F)c1. The lowest BCUT2D eigenvalue weighted by Gasteiger charge is -2.20. The van der Waals surface area contributed by atoms with Crippen LogP contribution in [0.2, 0.25) is 0 Å². The van der Waals surface area contributed by atoms with Crippen molar-refractivity contribution in [2.75, 3.05) is 25.1 Å². The number of carboxylic acids is 1. The van der Waals surface area contributed by atoms with Gasteiger partial charge in [0.1, 0.15) is 0 Å². The number of carboxylic acid groups (broad SMARTS) is 1. The average Bonchev–Trinajstić information content (AvgIpc) is 2.27. The molecule has 4 nitrogen and oxygen atoms in total. The van der Waals surface area contributed by atoms with Crippen LogP contribution in [0.5, 0.6) is 0 Å². The van der Waals surface area contributed by atoms with E-state index in [1.165, 1.54) is 11.9 Å². The van der Waals surface area contributed by atoms with E-state index in [1.807, 2.05) is 0 Å². The van der Waals surface area contributed by atoms with Gasteiger partial charge in [0.2, 0.25) is 0 Å². The summed E-state index contributed by atoms with van der Waals surface area (Å²) < 4.78 is 37.8. The Kier molecular flexibility index (Phi) is 4.18. The molecule has 0 radical (unpaired) electrons. The van der Waals surface area contributed by atoms with E-state index >= 15 is 0 Å². The average molecular weight is 263 g/mol. The lowest BCUT2D eigenvalue weighted by molar-refractivity contribution is -0.137. The van der Waals surface area contributed by atoms with Crippen molar-refractivity contribution in [3.63, 3.8) is 0 Å². The molecular formula is C11H12F3NO3. The fourth-order valence-electron chi connectivity index (χ4n) is 1.40. The fourth-order valence-corrected chi connectivity index (χ4v) is 1.40. The minimum absolute atomic E-state index is 0.0938. The van der Waals surface area contributed by atoms with Crippen molar-refractivity contribution in [3.05, 3.63) is 29.3 Å². The van der Waals surface area contributed by atoms with E-state index in [0.717, 1.165) is 12.1 Å². The van der Waals surface area contributed by atoms with Gasteiger partial charge in [-0.2, -0.15) is 13.2 Å². The Hall–Kier alpha value is -1.76. The molecule has 2 N–H and O–H groups in total. The summed E-state index contributed by atoms with van der Waals surface area (Å²) in [4.78, 5) is 12.1. The third-order valence-electron chi connectivity index (χ3n) is 2.37. The van der Waals surface area contributed by atoms with Gasteiger partial charge in [0.15, 0.2) is 0 Å². The molecule has 1 rings (SSSR count). The normalized spacial score (nSPS) is 11.4. The van der Waals surface area contributed by atoms with Gasteiger partial charge >= 0.3 is 12.1 Å². The van der Waals surface area contributed by atoms with Crippen LogP contribution in [-0.2, 0) is 6.18 Å². The molecule has 0 aromatic heterocycles. The molecule has 0 amide bonds. The Bertz CT molecular complexity index is 446. The van der Waals surface area contributed by atoms with Crippen LogP contribution in [0.4, 0.5) is 18.9 Å². The molecule has 0 saturated heterocycles. The van der Waals surface area contributed by atoms with Crippen molar-refractivity contribution < 1.29 is 28.2 Å². The van der Waals surface area contributed by atoms with Crippen LogP contribution in [0.1, 0.15) is 15.9 Å². The molecule has 0 aliphatic carbocycles. The van der Waals surface area contributed by atoms with Gasteiger partial charge in [-0.1, -0.05) is 0 Å². The first-order valence-electron chi connectivity index (χ1n) is 5.03. The molecule has 7 heteroatoms. The Morgan fingerprint density at radius 1 is 1.33 bits per heavy atom. The summed E-state index contributed by atoms with van der Waals surface area (Å²) in [6.07, 6.45) is -4.61. The summed E-state index contributed by atoms with van der Waals surface area (Å²) in [6.45, 7) is -0.129. The number of nitrogens with zero attached hydrogens (tertiary/aromatic N) is 1. The largest absolute Gasteiger partial charge is 0.478 e. The van der Waals surface area contributed by atoms with Gasteiger partial charge in [-0.15, -0.1) is 0 Å². The summed E-state index contributed by atoms with van der Waals surface area (Å²) in [7, 11) is 1.47. The monoisotopic (exact) mass is 263 g/mol. The molecule has 1 aromatic carbocycles. The van der Waals surface area contributed by atoms with Crippen LogP contribution >= 0.6 is 0 Å². The zero-order valence-electron chi connectivity index (χ0n) is 9.53. The summed E-state index contributed by atoms with van der Waals surface area (Å²) in [5, 5.41) is 17.5. The Morgan fingerprint density at radius 3 is 2.39 bits per heavy atom. The maximum atomic E-state index is 12.6. The Balaban J connectivity index is 3.27. The van der Waals surface area contributed by atoms with Crippen LogP contribution in [-0.4, -0.2) is 36.4 Å². The van der Waals surface area contributed by atoms with E-state index in [-0.39, 0.29) is 18.8 Å². The van der Waals surface area contributed by atoms with Crippen LogP contribution < -0.4 is 4.90 Å². The quantitative estimate of drug-likeness (QED) is 0.870. The first-order chi connectivity index (χ1) is 8.25. The van der Waals surface area contributed by atoms with Gasteiger partial charge in [0, 0.05) is 19.3 Å². The zero-order valence-corrected chi connectivity index (χ0v) is 9.53. The number of benzene rings is 1. The summed E-state index contributed by atoms with van der Waals surface area (Å²) in [5.41, 5.74) is -1.37. The second-order valence-corrected chi connectivity index (χ2v) is 3.72. The lowest BCUT2D eigenvalue weighted by Crippen LogP contribution is -2.22. The number of aliphatic hydroxyl groups is 1. The van der Waals surface area contributed by atoms with E-state index in [4.69, 9.17) is 10.2 Å². The van der Waals surface area contributed by atoms with Crippen molar-refractivity contribution >= 4 is 11.7 Å². The Labute approximate surface area is 101 Å².